The number of hydrogen-bond donors (Lipinski definition) is 0. The minimum Gasteiger partial charge on any atom is -0.379 e. The smallest absolute Gasteiger partial charge is 0.250 e. The molecule has 3 heteroatoms. The van der Waals surface area contributed by atoms with Crippen molar-refractivity contribution in [3.05, 3.63) is 0 Å². The van der Waals surface area contributed by atoms with Crippen LogP contribution in [0.3, 0.4) is 0 Å². The number of ether oxygens (including phenoxy) is 1. The Bertz CT molecular complexity index is 133. The molecule has 80 valence electrons. The quantitative estimate of drug-likeness (QED) is 0.588. The molecule has 0 saturated carbocycles. The first kappa shape index (κ1) is 12.8. The second kappa shape index (κ2) is 5.53. The van der Waals surface area contributed by atoms with E-state index in [9.17, 15) is 8.78 Å². The molecule has 1 nitrogen and oxygen atoms in total. The van der Waals surface area contributed by atoms with Crippen LogP contribution >= 0.6 is 0 Å². The highest BCUT2D eigenvalue weighted by atomic mass is 19.3. The highest BCUT2D eigenvalue weighted by Gasteiger charge is 2.32. The van der Waals surface area contributed by atoms with E-state index in [2.05, 4.69) is 0 Å². The molecule has 0 aromatic heterocycles. The summed E-state index contributed by atoms with van der Waals surface area (Å²) in [6.45, 7) is 7.33. The van der Waals surface area contributed by atoms with Crippen molar-refractivity contribution >= 4 is 0 Å². The first-order chi connectivity index (χ1) is 5.86. The van der Waals surface area contributed by atoms with Gasteiger partial charge in [0, 0.05) is 18.9 Å². The Morgan fingerprint density at radius 2 is 1.69 bits per heavy atom. The summed E-state index contributed by atoms with van der Waals surface area (Å²) in [5.74, 6) is -3.12. The molecule has 0 spiro atoms. The van der Waals surface area contributed by atoms with Crippen LogP contribution < -0.4 is 0 Å². The van der Waals surface area contributed by atoms with Gasteiger partial charge in [-0.15, -0.1) is 0 Å². The molecule has 0 heterocycles. The topological polar surface area (TPSA) is 9.23 Å². The highest BCUT2D eigenvalue weighted by Crippen LogP contribution is 2.28. The van der Waals surface area contributed by atoms with Crippen LogP contribution in [0, 0.1) is 5.92 Å². The van der Waals surface area contributed by atoms with Crippen LogP contribution in [-0.2, 0) is 4.74 Å². The Labute approximate surface area is 79.5 Å². The van der Waals surface area contributed by atoms with Gasteiger partial charge < -0.3 is 4.74 Å². The van der Waals surface area contributed by atoms with Gasteiger partial charge in [-0.2, -0.15) is 0 Å². The van der Waals surface area contributed by atoms with Crippen LogP contribution in [0.1, 0.15) is 40.5 Å². The zero-order valence-corrected chi connectivity index (χ0v) is 8.94. The number of hydrogen-bond acceptors (Lipinski definition) is 1. The minimum absolute atomic E-state index is 0.0720. The van der Waals surface area contributed by atoms with E-state index in [1.54, 1.807) is 13.8 Å². The normalized spacial score (nSPS) is 12.9. The summed E-state index contributed by atoms with van der Waals surface area (Å²) >= 11 is 0. The molecule has 0 aromatic carbocycles. The highest BCUT2D eigenvalue weighted by molar-refractivity contribution is 4.69. The molecule has 0 aliphatic carbocycles. The van der Waals surface area contributed by atoms with E-state index in [1.807, 2.05) is 13.8 Å². The maximum atomic E-state index is 13.0. The molecule has 0 aliphatic heterocycles. The van der Waals surface area contributed by atoms with Crippen molar-refractivity contribution in [3.63, 3.8) is 0 Å². The Morgan fingerprint density at radius 1 is 1.15 bits per heavy atom. The van der Waals surface area contributed by atoms with Crippen LogP contribution in [-0.4, -0.2) is 18.6 Å². The molecule has 0 saturated heterocycles. The zero-order chi connectivity index (χ0) is 10.5. The summed E-state index contributed by atoms with van der Waals surface area (Å²) in [5, 5.41) is 0. The zero-order valence-electron chi connectivity index (χ0n) is 8.94. The lowest BCUT2D eigenvalue weighted by molar-refractivity contribution is -0.0603. The van der Waals surface area contributed by atoms with Crippen molar-refractivity contribution < 1.29 is 13.5 Å². The van der Waals surface area contributed by atoms with Gasteiger partial charge in [0.1, 0.15) is 0 Å². The molecule has 0 amide bonds. The fraction of sp³-hybridized carbons (Fsp3) is 1.00. The lowest BCUT2D eigenvalue weighted by Gasteiger charge is -2.20. The molecule has 0 fully saturated rings. The lowest BCUT2D eigenvalue weighted by atomic mass is 10.0. The second-order valence-corrected chi connectivity index (χ2v) is 3.94. The molecule has 0 atom stereocenters. The summed E-state index contributed by atoms with van der Waals surface area (Å²) in [7, 11) is 0. The van der Waals surface area contributed by atoms with Crippen LogP contribution in [0.4, 0.5) is 8.78 Å². The fourth-order valence-electron chi connectivity index (χ4n) is 0.916. The van der Waals surface area contributed by atoms with E-state index in [-0.39, 0.29) is 12.5 Å². The first-order valence-corrected chi connectivity index (χ1v) is 4.85. The molecule has 0 radical (unpaired) electrons. The standard InChI is InChI=1S/C10H20F2O/c1-8(2)10(11,12)6-5-7-13-9(3)4/h8-9H,5-7H2,1-4H3. The second-order valence-electron chi connectivity index (χ2n) is 3.94. The number of rotatable bonds is 6. The van der Waals surface area contributed by atoms with Crippen LogP contribution in [0.25, 0.3) is 0 Å². The van der Waals surface area contributed by atoms with Crippen molar-refractivity contribution in [1.29, 1.82) is 0 Å². The summed E-state index contributed by atoms with van der Waals surface area (Å²) in [5.41, 5.74) is 0. The van der Waals surface area contributed by atoms with E-state index in [1.165, 1.54) is 0 Å². The minimum atomic E-state index is -2.54. The van der Waals surface area contributed by atoms with Crippen LogP contribution in [0.2, 0.25) is 0 Å². The van der Waals surface area contributed by atoms with Crippen molar-refractivity contribution in [2.75, 3.05) is 6.61 Å². The van der Waals surface area contributed by atoms with Crippen molar-refractivity contribution in [3.8, 4) is 0 Å². The van der Waals surface area contributed by atoms with Gasteiger partial charge in [0.05, 0.1) is 6.10 Å². The largest absolute Gasteiger partial charge is 0.379 e. The molecule has 0 bridgehead atoms. The molecular formula is C10H20F2O. The van der Waals surface area contributed by atoms with Crippen LogP contribution in [0.5, 0.6) is 0 Å². The predicted octanol–water partition coefficient (Wildman–Crippen LogP) is 3.48. The van der Waals surface area contributed by atoms with Gasteiger partial charge in [-0.3, -0.25) is 0 Å². The third-order valence-electron chi connectivity index (χ3n) is 1.95. The Balaban J connectivity index is 3.52. The van der Waals surface area contributed by atoms with Gasteiger partial charge in [0.25, 0.3) is 5.92 Å². The molecule has 0 aromatic rings. The Kier molecular flexibility index (Phi) is 5.45. The Morgan fingerprint density at radius 3 is 2.08 bits per heavy atom. The molecule has 0 unspecified atom stereocenters. The Hall–Kier alpha value is -0.180. The van der Waals surface area contributed by atoms with Crippen LogP contribution in [0.15, 0.2) is 0 Å². The monoisotopic (exact) mass is 194 g/mol. The number of alkyl halides is 2. The van der Waals surface area contributed by atoms with Gasteiger partial charge >= 0.3 is 0 Å². The number of halogens is 2. The molecule has 0 N–H and O–H groups in total. The van der Waals surface area contributed by atoms with E-state index >= 15 is 0 Å². The fourth-order valence-corrected chi connectivity index (χ4v) is 0.916. The van der Waals surface area contributed by atoms with E-state index in [0.29, 0.717) is 13.0 Å². The summed E-state index contributed by atoms with van der Waals surface area (Å²) < 4.78 is 31.2. The van der Waals surface area contributed by atoms with Gasteiger partial charge in [0.15, 0.2) is 0 Å². The van der Waals surface area contributed by atoms with Gasteiger partial charge in [-0.05, 0) is 20.3 Å². The van der Waals surface area contributed by atoms with Gasteiger partial charge in [0.2, 0.25) is 0 Å². The van der Waals surface area contributed by atoms with E-state index in [0.717, 1.165) is 0 Å². The maximum Gasteiger partial charge on any atom is 0.250 e. The van der Waals surface area contributed by atoms with Crippen molar-refractivity contribution in [2.45, 2.75) is 52.6 Å². The summed E-state index contributed by atoms with van der Waals surface area (Å²) in [4.78, 5) is 0. The van der Waals surface area contributed by atoms with Crippen molar-refractivity contribution in [2.24, 2.45) is 5.92 Å². The SMILES string of the molecule is CC(C)OCCCC(F)(F)C(C)C. The first-order valence-electron chi connectivity index (χ1n) is 4.85. The lowest BCUT2D eigenvalue weighted by Crippen LogP contribution is -2.24. The third-order valence-corrected chi connectivity index (χ3v) is 1.95. The third kappa shape index (κ3) is 5.97. The van der Waals surface area contributed by atoms with E-state index < -0.39 is 11.8 Å². The molecule has 0 rings (SSSR count). The molecular weight excluding hydrogens is 174 g/mol. The summed E-state index contributed by atoms with van der Waals surface area (Å²) in [6.07, 6.45) is 0.494. The van der Waals surface area contributed by atoms with Crippen molar-refractivity contribution in [1.82, 2.24) is 0 Å². The maximum absolute atomic E-state index is 13.0. The summed E-state index contributed by atoms with van der Waals surface area (Å²) in [6, 6.07) is 0. The molecule has 0 aliphatic rings. The average Bonchev–Trinajstić information content (AvgIpc) is 1.97. The van der Waals surface area contributed by atoms with Gasteiger partial charge in [-0.1, -0.05) is 13.8 Å². The van der Waals surface area contributed by atoms with Gasteiger partial charge in [-0.25, -0.2) is 8.78 Å². The van der Waals surface area contributed by atoms with E-state index in [4.69, 9.17) is 4.74 Å². The predicted molar refractivity (Wildman–Crippen MR) is 50.1 cm³/mol. The average molecular weight is 194 g/mol. The molecule has 13 heavy (non-hydrogen) atoms.